The van der Waals surface area contributed by atoms with Crippen LogP contribution in [-0.4, -0.2) is 40.9 Å². The number of hydrogen-bond acceptors (Lipinski definition) is 5. The zero-order valence-electron chi connectivity index (χ0n) is 14.2. The maximum absolute atomic E-state index is 12.5. The van der Waals surface area contributed by atoms with Gasteiger partial charge in [0.1, 0.15) is 16.8 Å². The number of nitrogens with zero attached hydrogens (tertiary/aromatic N) is 3. The van der Waals surface area contributed by atoms with E-state index in [9.17, 15) is 9.59 Å². The Kier molecular flexibility index (Phi) is 4.00. The van der Waals surface area contributed by atoms with Gasteiger partial charge in [-0.25, -0.2) is 0 Å². The minimum absolute atomic E-state index is 0.0843. The number of carbonyl (C=O) groups is 2. The molecule has 0 spiro atoms. The molecule has 0 bridgehead atoms. The van der Waals surface area contributed by atoms with Crippen LogP contribution in [0.2, 0.25) is 0 Å². The summed E-state index contributed by atoms with van der Waals surface area (Å²) in [6.07, 6.45) is 1.39. The lowest BCUT2D eigenvalue weighted by Crippen LogP contribution is -2.24. The smallest absolute Gasteiger partial charge is 0.255 e. The highest BCUT2D eigenvalue weighted by molar-refractivity contribution is 6.06. The second kappa shape index (κ2) is 6.47. The number of anilines is 2. The van der Waals surface area contributed by atoms with Crippen molar-refractivity contribution in [1.29, 1.82) is 0 Å². The predicted molar refractivity (Wildman–Crippen MR) is 96.4 cm³/mol. The zero-order chi connectivity index (χ0) is 18.1. The number of carbonyl (C=O) groups excluding carboxylic acids is 2. The maximum Gasteiger partial charge on any atom is 0.255 e. The van der Waals surface area contributed by atoms with Crippen LogP contribution in [0.3, 0.4) is 0 Å². The average molecular weight is 351 g/mol. The Balaban J connectivity index is 1.57. The number of aromatic amines is 1. The van der Waals surface area contributed by atoms with Gasteiger partial charge in [0.05, 0.1) is 12.8 Å². The SMILES string of the molecule is COc1cc(NC(=O)c2ccc3n[nH]nc3c2)ccc1N1CCCC1=O. The predicted octanol–water partition coefficient (Wildman–Crippen LogP) is 2.35. The first-order valence-corrected chi connectivity index (χ1v) is 8.26. The molecule has 1 aliphatic rings. The number of rotatable bonds is 4. The summed E-state index contributed by atoms with van der Waals surface area (Å²) >= 11 is 0. The van der Waals surface area contributed by atoms with Gasteiger partial charge in [-0.3, -0.25) is 9.59 Å². The Bertz CT molecular complexity index is 997. The highest BCUT2D eigenvalue weighted by atomic mass is 16.5. The molecular weight excluding hydrogens is 334 g/mol. The summed E-state index contributed by atoms with van der Waals surface area (Å²) < 4.78 is 5.41. The van der Waals surface area contributed by atoms with Gasteiger partial charge in [-0.05, 0) is 36.8 Å². The summed E-state index contributed by atoms with van der Waals surface area (Å²) in [5.41, 5.74) is 3.10. The van der Waals surface area contributed by atoms with Crippen molar-refractivity contribution in [2.45, 2.75) is 12.8 Å². The second-order valence-corrected chi connectivity index (χ2v) is 6.02. The van der Waals surface area contributed by atoms with Gasteiger partial charge >= 0.3 is 0 Å². The van der Waals surface area contributed by atoms with Crippen molar-refractivity contribution < 1.29 is 14.3 Å². The zero-order valence-corrected chi connectivity index (χ0v) is 14.2. The van der Waals surface area contributed by atoms with E-state index in [1.54, 1.807) is 48.4 Å². The molecule has 8 heteroatoms. The molecule has 1 fully saturated rings. The lowest BCUT2D eigenvalue weighted by atomic mass is 10.1. The number of nitrogens with one attached hydrogen (secondary N) is 2. The fourth-order valence-electron chi connectivity index (χ4n) is 3.07. The number of aromatic nitrogens is 3. The molecule has 2 N–H and O–H groups in total. The molecule has 2 heterocycles. The van der Waals surface area contributed by atoms with Gasteiger partial charge in [-0.1, -0.05) is 0 Å². The van der Waals surface area contributed by atoms with Crippen molar-refractivity contribution >= 4 is 34.2 Å². The minimum Gasteiger partial charge on any atom is -0.494 e. The van der Waals surface area contributed by atoms with E-state index in [1.807, 2.05) is 0 Å². The molecule has 0 saturated carbocycles. The van der Waals surface area contributed by atoms with Crippen molar-refractivity contribution in [3.63, 3.8) is 0 Å². The molecule has 26 heavy (non-hydrogen) atoms. The molecule has 0 radical (unpaired) electrons. The first kappa shape index (κ1) is 16.1. The minimum atomic E-state index is -0.262. The molecule has 1 saturated heterocycles. The highest BCUT2D eigenvalue weighted by Crippen LogP contribution is 2.34. The van der Waals surface area contributed by atoms with Crippen LogP contribution in [-0.2, 0) is 4.79 Å². The van der Waals surface area contributed by atoms with E-state index in [0.717, 1.165) is 12.1 Å². The van der Waals surface area contributed by atoms with Gasteiger partial charge in [0.2, 0.25) is 5.91 Å². The third-order valence-electron chi connectivity index (χ3n) is 4.38. The van der Waals surface area contributed by atoms with Crippen molar-refractivity contribution in [2.75, 3.05) is 23.9 Å². The first-order valence-electron chi connectivity index (χ1n) is 8.26. The maximum atomic E-state index is 12.5. The third kappa shape index (κ3) is 2.85. The van der Waals surface area contributed by atoms with Gasteiger partial charge in [-0.15, -0.1) is 0 Å². The van der Waals surface area contributed by atoms with Gasteiger partial charge in [0, 0.05) is 30.3 Å². The quantitative estimate of drug-likeness (QED) is 0.751. The van der Waals surface area contributed by atoms with Crippen LogP contribution in [0.5, 0.6) is 5.75 Å². The number of ether oxygens (including phenoxy) is 1. The van der Waals surface area contributed by atoms with E-state index in [-0.39, 0.29) is 11.8 Å². The number of amides is 2. The molecule has 2 amide bonds. The van der Waals surface area contributed by atoms with E-state index < -0.39 is 0 Å². The molecule has 2 aromatic carbocycles. The molecule has 1 aliphatic heterocycles. The van der Waals surface area contributed by atoms with Crippen molar-refractivity contribution in [3.05, 3.63) is 42.0 Å². The summed E-state index contributed by atoms with van der Waals surface area (Å²) in [4.78, 5) is 26.2. The standard InChI is InChI=1S/C18H17N5O3/c1-26-16-10-12(5-7-15(16)23-8-2-3-17(23)24)19-18(25)11-4-6-13-14(9-11)21-22-20-13/h4-7,9-10H,2-3,8H2,1H3,(H,19,25)(H,20,21,22). The van der Waals surface area contributed by atoms with Crippen LogP contribution in [0.15, 0.2) is 36.4 Å². The summed E-state index contributed by atoms with van der Waals surface area (Å²) in [5.74, 6) is 0.368. The fraction of sp³-hybridized carbons (Fsp3) is 0.222. The summed E-state index contributed by atoms with van der Waals surface area (Å²) in [5, 5.41) is 13.3. The molecule has 4 rings (SSSR count). The van der Waals surface area contributed by atoms with Gasteiger partial charge in [0.25, 0.3) is 5.91 Å². The number of hydrogen-bond donors (Lipinski definition) is 2. The molecule has 3 aromatic rings. The van der Waals surface area contributed by atoms with Crippen LogP contribution in [0.1, 0.15) is 23.2 Å². The molecule has 0 atom stereocenters. The van der Waals surface area contributed by atoms with E-state index in [4.69, 9.17) is 4.74 Å². The Morgan fingerprint density at radius 3 is 2.81 bits per heavy atom. The molecule has 0 unspecified atom stereocenters. The van der Waals surface area contributed by atoms with Crippen molar-refractivity contribution in [2.24, 2.45) is 0 Å². The Labute approximate surface area is 149 Å². The molecule has 8 nitrogen and oxygen atoms in total. The molecular formula is C18H17N5O3. The van der Waals surface area contributed by atoms with E-state index >= 15 is 0 Å². The Hall–Kier alpha value is -3.42. The van der Waals surface area contributed by atoms with Gasteiger partial charge < -0.3 is 15.0 Å². The Morgan fingerprint density at radius 2 is 2.04 bits per heavy atom. The Morgan fingerprint density at radius 1 is 1.19 bits per heavy atom. The fourth-order valence-corrected chi connectivity index (χ4v) is 3.07. The number of fused-ring (bicyclic) bond motifs is 1. The van der Waals surface area contributed by atoms with E-state index in [2.05, 4.69) is 20.7 Å². The van der Waals surface area contributed by atoms with Crippen LogP contribution in [0, 0.1) is 0 Å². The topological polar surface area (TPSA) is 100 Å². The molecule has 0 aliphatic carbocycles. The van der Waals surface area contributed by atoms with Gasteiger partial charge in [-0.2, -0.15) is 15.4 Å². The molecule has 132 valence electrons. The monoisotopic (exact) mass is 351 g/mol. The lowest BCUT2D eigenvalue weighted by molar-refractivity contribution is -0.117. The number of methoxy groups -OCH3 is 1. The van der Waals surface area contributed by atoms with E-state index in [0.29, 0.717) is 41.0 Å². The largest absolute Gasteiger partial charge is 0.494 e. The summed E-state index contributed by atoms with van der Waals surface area (Å²) in [7, 11) is 1.55. The van der Waals surface area contributed by atoms with Crippen LogP contribution < -0.4 is 15.0 Å². The second-order valence-electron chi connectivity index (χ2n) is 6.02. The van der Waals surface area contributed by atoms with Crippen LogP contribution >= 0.6 is 0 Å². The summed E-state index contributed by atoms with van der Waals surface area (Å²) in [6.45, 7) is 0.679. The molecule has 1 aromatic heterocycles. The summed E-state index contributed by atoms with van der Waals surface area (Å²) in [6, 6.07) is 10.4. The highest BCUT2D eigenvalue weighted by Gasteiger charge is 2.24. The lowest BCUT2D eigenvalue weighted by Gasteiger charge is -2.19. The van der Waals surface area contributed by atoms with Crippen molar-refractivity contribution in [1.82, 2.24) is 15.4 Å². The number of benzene rings is 2. The van der Waals surface area contributed by atoms with Crippen molar-refractivity contribution in [3.8, 4) is 5.75 Å². The first-order chi connectivity index (χ1) is 12.7. The normalized spacial score (nSPS) is 14.0. The van der Waals surface area contributed by atoms with Gasteiger partial charge in [0.15, 0.2) is 0 Å². The van der Waals surface area contributed by atoms with E-state index in [1.165, 1.54) is 0 Å². The van der Waals surface area contributed by atoms with Crippen LogP contribution in [0.4, 0.5) is 11.4 Å². The third-order valence-corrected chi connectivity index (χ3v) is 4.38. The van der Waals surface area contributed by atoms with Crippen LogP contribution in [0.25, 0.3) is 11.0 Å². The average Bonchev–Trinajstić information content (AvgIpc) is 3.29. The number of H-pyrrole nitrogens is 1.